The lowest BCUT2D eigenvalue weighted by Gasteiger charge is -2.60. The number of nitrogens with one attached hydrogen (secondary N) is 1. The second-order valence-electron chi connectivity index (χ2n) is 7.21. The minimum atomic E-state index is -3.77. The maximum absolute atomic E-state index is 13.8. The van der Waals surface area contributed by atoms with Gasteiger partial charge in [-0.3, -0.25) is 0 Å². The fourth-order valence-electron chi connectivity index (χ4n) is 4.21. The summed E-state index contributed by atoms with van der Waals surface area (Å²) in [6.07, 6.45) is 1.63. The van der Waals surface area contributed by atoms with E-state index in [1.807, 2.05) is 11.8 Å². The normalized spacial score (nSPS) is 27.0. The van der Waals surface area contributed by atoms with Crippen LogP contribution in [0, 0.1) is 11.2 Å². The Kier molecular flexibility index (Phi) is 3.41. The molecule has 1 saturated carbocycles. The molecule has 4 rings (SSSR count). The van der Waals surface area contributed by atoms with E-state index >= 15 is 0 Å². The molecule has 1 atom stereocenters. The van der Waals surface area contributed by atoms with Crippen molar-refractivity contribution < 1.29 is 17.6 Å². The van der Waals surface area contributed by atoms with Crippen LogP contribution in [0.3, 0.4) is 0 Å². The molecule has 0 bridgehead atoms. The van der Waals surface area contributed by atoms with Crippen molar-refractivity contribution in [3.8, 4) is 0 Å². The van der Waals surface area contributed by atoms with Gasteiger partial charge in [-0.05, 0) is 31.9 Å². The van der Waals surface area contributed by atoms with Gasteiger partial charge in [-0.25, -0.2) is 17.6 Å². The third-order valence-corrected chi connectivity index (χ3v) is 7.29. The van der Waals surface area contributed by atoms with Crippen molar-refractivity contribution in [1.82, 2.24) is 14.5 Å². The van der Waals surface area contributed by atoms with Crippen LogP contribution in [0.1, 0.15) is 19.8 Å². The zero-order valence-corrected chi connectivity index (χ0v) is 14.2. The summed E-state index contributed by atoms with van der Waals surface area (Å²) in [5, 5.41) is 2.83. The zero-order valence-electron chi connectivity index (χ0n) is 13.4. The summed E-state index contributed by atoms with van der Waals surface area (Å²) >= 11 is 0. The van der Waals surface area contributed by atoms with Crippen molar-refractivity contribution in [2.24, 2.45) is 5.41 Å². The molecule has 0 unspecified atom stereocenters. The van der Waals surface area contributed by atoms with Gasteiger partial charge in [0.1, 0.15) is 10.7 Å². The summed E-state index contributed by atoms with van der Waals surface area (Å²) in [4.78, 5) is 13.5. The number of hydrogen-bond donors (Lipinski definition) is 1. The first-order valence-corrected chi connectivity index (χ1v) is 9.57. The molecular formula is C16H20FN3O3S. The van der Waals surface area contributed by atoms with Gasteiger partial charge in [0.2, 0.25) is 10.0 Å². The number of benzene rings is 1. The largest absolute Gasteiger partial charge is 0.336 e. The van der Waals surface area contributed by atoms with Crippen molar-refractivity contribution in [3.63, 3.8) is 0 Å². The van der Waals surface area contributed by atoms with Crippen LogP contribution in [0.2, 0.25) is 0 Å². The minimum absolute atomic E-state index is 0.0301. The fourth-order valence-corrected chi connectivity index (χ4v) is 5.94. The molecule has 1 aromatic rings. The first kappa shape index (κ1) is 15.8. The highest BCUT2D eigenvalue weighted by atomic mass is 32.2. The maximum Gasteiger partial charge on any atom is 0.318 e. The minimum Gasteiger partial charge on any atom is -0.336 e. The molecule has 130 valence electrons. The van der Waals surface area contributed by atoms with Gasteiger partial charge in [0.15, 0.2) is 0 Å². The molecule has 1 aromatic carbocycles. The van der Waals surface area contributed by atoms with Gasteiger partial charge >= 0.3 is 6.03 Å². The van der Waals surface area contributed by atoms with Gasteiger partial charge < -0.3 is 10.2 Å². The third-order valence-electron chi connectivity index (χ3n) is 5.47. The summed E-state index contributed by atoms with van der Waals surface area (Å²) in [6.45, 7) is 3.49. The predicted molar refractivity (Wildman–Crippen MR) is 85.3 cm³/mol. The van der Waals surface area contributed by atoms with E-state index in [1.54, 1.807) is 0 Å². The lowest BCUT2D eigenvalue weighted by atomic mass is 9.61. The average Bonchev–Trinajstić information content (AvgIpc) is 2.76. The van der Waals surface area contributed by atoms with Crippen molar-refractivity contribution >= 4 is 16.1 Å². The molecule has 1 N–H and O–H groups in total. The lowest BCUT2D eigenvalue weighted by Crippen LogP contribution is -2.68. The Morgan fingerprint density at radius 3 is 2.50 bits per heavy atom. The highest BCUT2D eigenvalue weighted by Gasteiger charge is 2.58. The fraction of sp³-hybridized carbons (Fsp3) is 0.562. The molecule has 2 saturated heterocycles. The van der Waals surface area contributed by atoms with Gasteiger partial charge in [0, 0.05) is 37.1 Å². The summed E-state index contributed by atoms with van der Waals surface area (Å²) in [5.74, 6) is -0.715. The molecule has 3 aliphatic rings. The molecular weight excluding hydrogens is 333 g/mol. The van der Waals surface area contributed by atoms with E-state index in [0.717, 1.165) is 18.9 Å². The molecule has 0 radical (unpaired) electrons. The SMILES string of the molecule is C[C@@H]1CNC(=O)N1C1CC2(C1)CN(S(=O)(=O)c1ccccc1F)C2. The van der Waals surface area contributed by atoms with Crippen molar-refractivity contribution in [2.45, 2.75) is 36.7 Å². The standard InChI is InChI=1S/C16H20FN3O3S/c1-11-8-18-15(21)20(11)12-6-16(7-12)9-19(10-16)24(22,23)14-5-3-2-4-13(14)17/h2-5,11-12H,6-10H2,1H3,(H,18,21)/t11-/m1/s1. The Morgan fingerprint density at radius 1 is 1.25 bits per heavy atom. The number of nitrogens with zero attached hydrogens (tertiary/aromatic N) is 2. The Hall–Kier alpha value is -1.67. The van der Waals surface area contributed by atoms with E-state index in [4.69, 9.17) is 0 Å². The highest BCUT2D eigenvalue weighted by molar-refractivity contribution is 7.89. The number of urea groups is 1. The number of carbonyl (C=O) groups is 1. The second-order valence-corrected chi connectivity index (χ2v) is 9.11. The molecule has 3 fully saturated rings. The molecule has 1 spiro atoms. The van der Waals surface area contributed by atoms with Crippen LogP contribution in [0.25, 0.3) is 0 Å². The van der Waals surface area contributed by atoms with Crippen LogP contribution in [0.4, 0.5) is 9.18 Å². The van der Waals surface area contributed by atoms with E-state index in [1.165, 1.54) is 22.5 Å². The number of amides is 2. The van der Waals surface area contributed by atoms with E-state index in [9.17, 15) is 17.6 Å². The number of halogens is 1. The van der Waals surface area contributed by atoms with Crippen molar-refractivity contribution in [3.05, 3.63) is 30.1 Å². The topological polar surface area (TPSA) is 69.7 Å². The van der Waals surface area contributed by atoms with E-state index in [-0.39, 0.29) is 28.4 Å². The number of sulfonamides is 1. The van der Waals surface area contributed by atoms with Gasteiger partial charge in [-0.2, -0.15) is 4.31 Å². The Balaban J connectivity index is 1.41. The number of carbonyl (C=O) groups excluding carboxylic acids is 1. The number of rotatable bonds is 3. The monoisotopic (exact) mass is 353 g/mol. The molecule has 8 heteroatoms. The maximum atomic E-state index is 13.8. The lowest BCUT2D eigenvalue weighted by molar-refractivity contribution is -0.0655. The predicted octanol–water partition coefficient (Wildman–Crippen LogP) is 1.39. The summed E-state index contributed by atoms with van der Waals surface area (Å²) < 4.78 is 40.2. The molecule has 1 aliphatic carbocycles. The molecule has 2 amide bonds. The Bertz CT molecular complexity index is 784. The van der Waals surface area contributed by atoms with Crippen LogP contribution >= 0.6 is 0 Å². The molecule has 24 heavy (non-hydrogen) atoms. The Labute approximate surface area is 140 Å². The van der Waals surface area contributed by atoms with Crippen molar-refractivity contribution in [2.75, 3.05) is 19.6 Å². The van der Waals surface area contributed by atoms with Gasteiger partial charge in [0.25, 0.3) is 0 Å². The molecule has 2 aliphatic heterocycles. The molecule has 2 heterocycles. The summed E-state index contributed by atoms with van der Waals surface area (Å²) in [5.41, 5.74) is -0.0500. The first-order valence-electron chi connectivity index (χ1n) is 8.13. The van der Waals surface area contributed by atoms with Crippen molar-refractivity contribution in [1.29, 1.82) is 0 Å². The molecule has 6 nitrogen and oxygen atoms in total. The second kappa shape index (κ2) is 5.16. The van der Waals surface area contributed by atoms with Crippen LogP contribution in [0.5, 0.6) is 0 Å². The van der Waals surface area contributed by atoms with E-state index in [2.05, 4.69) is 5.32 Å². The van der Waals surface area contributed by atoms with Crippen LogP contribution in [-0.4, -0.2) is 55.4 Å². The number of hydrogen-bond acceptors (Lipinski definition) is 3. The summed E-state index contributed by atoms with van der Waals surface area (Å²) in [7, 11) is -3.77. The zero-order chi connectivity index (χ0) is 17.1. The van der Waals surface area contributed by atoms with E-state index < -0.39 is 15.8 Å². The van der Waals surface area contributed by atoms with Crippen LogP contribution in [-0.2, 0) is 10.0 Å². The average molecular weight is 353 g/mol. The first-order chi connectivity index (χ1) is 11.3. The third kappa shape index (κ3) is 2.23. The highest BCUT2D eigenvalue weighted by Crippen LogP contribution is 2.52. The van der Waals surface area contributed by atoms with Gasteiger partial charge in [0.05, 0.1) is 0 Å². The summed E-state index contributed by atoms with van der Waals surface area (Å²) in [6, 6.07) is 5.80. The van der Waals surface area contributed by atoms with Crippen LogP contribution < -0.4 is 5.32 Å². The van der Waals surface area contributed by atoms with Gasteiger partial charge in [-0.15, -0.1) is 0 Å². The van der Waals surface area contributed by atoms with E-state index in [0.29, 0.717) is 19.6 Å². The Morgan fingerprint density at radius 2 is 1.92 bits per heavy atom. The van der Waals surface area contributed by atoms with Crippen LogP contribution in [0.15, 0.2) is 29.2 Å². The smallest absolute Gasteiger partial charge is 0.318 e. The van der Waals surface area contributed by atoms with Gasteiger partial charge in [-0.1, -0.05) is 12.1 Å². The molecule has 0 aromatic heterocycles. The quantitative estimate of drug-likeness (QED) is 0.893.